The Kier molecular flexibility index (Phi) is 6.04. The van der Waals surface area contributed by atoms with Crippen LogP contribution < -0.4 is 4.90 Å². The van der Waals surface area contributed by atoms with Crippen molar-refractivity contribution in [2.45, 2.75) is 13.3 Å². The quantitative estimate of drug-likeness (QED) is 0.533. The Hall–Kier alpha value is -2.92. The second kappa shape index (κ2) is 8.64. The summed E-state index contributed by atoms with van der Waals surface area (Å²) in [6.45, 7) is 3.42. The van der Waals surface area contributed by atoms with E-state index in [1.54, 1.807) is 4.90 Å². The van der Waals surface area contributed by atoms with Gasteiger partial charge in [0.1, 0.15) is 5.70 Å². The molecule has 0 saturated heterocycles. The number of benzene rings is 2. The summed E-state index contributed by atoms with van der Waals surface area (Å²) in [5.74, 6) is -0.512. The Labute approximate surface area is 159 Å². The highest BCUT2D eigenvalue weighted by Crippen LogP contribution is 2.33. The van der Waals surface area contributed by atoms with Crippen LogP contribution in [0, 0.1) is 0 Å². The highest BCUT2D eigenvalue weighted by molar-refractivity contribution is 6.36. The van der Waals surface area contributed by atoms with Gasteiger partial charge in [0.25, 0.3) is 11.8 Å². The number of para-hydroxylation sites is 1. The van der Waals surface area contributed by atoms with Crippen molar-refractivity contribution in [3.63, 3.8) is 0 Å². The Morgan fingerprint density at radius 1 is 0.926 bits per heavy atom. The van der Waals surface area contributed by atoms with Crippen LogP contribution in [0.3, 0.4) is 0 Å². The molecule has 0 fully saturated rings. The maximum absolute atomic E-state index is 13.1. The maximum atomic E-state index is 13.1. The van der Waals surface area contributed by atoms with Crippen molar-refractivity contribution in [2.24, 2.45) is 0 Å². The summed E-state index contributed by atoms with van der Waals surface area (Å²) in [5, 5.41) is 0. The van der Waals surface area contributed by atoms with Crippen molar-refractivity contribution < 1.29 is 14.3 Å². The summed E-state index contributed by atoms with van der Waals surface area (Å²) in [6, 6.07) is 19.0. The molecular formula is C22H24N2O3. The number of nitrogens with zero attached hydrogens (tertiary/aromatic N) is 2. The molecule has 0 unspecified atom stereocenters. The highest BCUT2D eigenvalue weighted by Gasteiger charge is 2.40. The lowest BCUT2D eigenvalue weighted by atomic mass is 10.0. The van der Waals surface area contributed by atoms with Gasteiger partial charge in [0.15, 0.2) is 0 Å². The van der Waals surface area contributed by atoms with Crippen molar-refractivity contribution in [1.29, 1.82) is 0 Å². The van der Waals surface area contributed by atoms with Crippen LogP contribution in [-0.4, -0.2) is 43.5 Å². The number of likely N-dealkylation sites (N-methyl/N-ethyl adjacent to an activating group) is 1. The van der Waals surface area contributed by atoms with E-state index in [0.29, 0.717) is 37.4 Å². The van der Waals surface area contributed by atoms with Crippen LogP contribution in [0.25, 0.3) is 5.57 Å². The van der Waals surface area contributed by atoms with Crippen LogP contribution in [0.2, 0.25) is 0 Å². The predicted octanol–water partition coefficient (Wildman–Crippen LogP) is 3.33. The van der Waals surface area contributed by atoms with Crippen LogP contribution in [0.5, 0.6) is 0 Å². The maximum Gasteiger partial charge on any atom is 0.278 e. The molecule has 27 heavy (non-hydrogen) atoms. The van der Waals surface area contributed by atoms with Gasteiger partial charge in [-0.1, -0.05) is 48.5 Å². The number of carbonyl (C=O) groups is 2. The lowest BCUT2D eigenvalue weighted by molar-refractivity contribution is -0.137. The smallest absolute Gasteiger partial charge is 0.278 e. The molecule has 2 aromatic carbocycles. The van der Waals surface area contributed by atoms with Gasteiger partial charge < -0.3 is 9.64 Å². The molecule has 0 aromatic heterocycles. The molecule has 2 amide bonds. The van der Waals surface area contributed by atoms with Gasteiger partial charge in [0.05, 0.1) is 5.57 Å². The standard InChI is InChI=1S/C22H24N2O3/c1-3-27-16-10-15-24-21(25)19(17-11-6-4-7-12-17)20(22(24)26)23(2)18-13-8-5-9-14-18/h4-9,11-14H,3,10,15-16H2,1-2H3. The van der Waals surface area contributed by atoms with Crippen LogP contribution in [0.4, 0.5) is 5.69 Å². The minimum absolute atomic E-state index is 0.250. The Morgan fingerprint density at radius 2 is 1.56 bits per heavy atom. The molecule has 5 nitrogen and oxygen atoms in total. The minimum Gasteiger partial charge on any atom is -0.382 e. The number of carbonyl (C=O) groups excluding carboxylic acids is 2. The predicted molar refractivity (Wildman–Crippen MR) is 106 cm³/mol. The molecule has 0 bridgehead atoms. The molecule has 0 N–H and O–H groups in total. The molecule has 2 aromatic rings. The lowest BCUT2D eigenvalue weighted by Gasteiger charge is -2.21. The average molecular weight is 364 g/mol. The molecule has 5 heteroatoms. The van der Waals surface area contributed by atoms with Crippen molar-refractivity contribution >= 4 is 23.1 Å². The molecule has 140 valence electrons. The zero-order chi connectivity index (χ0) is 19.2. The van der Waals surface area contributed by atoms with E-state index in [2.05, 4.69) is 0 Å². The molecule has 0 atom stereocenters. The number of hydrogen-bond donors (Lipinski definition) is 0. The van der Waals surface area contributed by atoms with E-state index in [4.69, 9.17) is 4.74 Å². The number of amides is 2. The third kappa shape index (κ3) is 3.93. The second-order valence-corrected chi connectivity index (χ2v) is 6.30. The summed E-state index contributed by atoms with van der Waals surface area (Å²) in [6.07, 6.45) is 0.621. The van der Waals surface area contributed by atoms with Gasteiger partial charge in [-0.2, -0.15) is 0 Å². The summed E-state index contributed by atoms with van der Waals surface area (Å²) in [7, 11) is 1.82. The zero-order valence-electron chi connectivity index (χ0n) is 15.7. The molecule has 1 heterocycles. The van der Waals surface area contributed by atoms with Crippen molar-refractivity contribution in [3.05, 3.63) is 71.9 Å². The molecule has 3 rings (SSSR count). The Morgan fingerprint density at radius 3 is 2.19 bits per heavy atom. The lowest BCUT2D eigenvalue weighted by Crippen LogP contribution is -2.35. The van der Waals surface area contributed by atoms with Gasteiger partial charge in [-0.25, -0.2) is 0 Å². The second-order valence-electron chi connectivity index (χ2n) is 6.30. The molecule has 0 radical (unpaired) electrons. The fraction of sp³-hybridized carbons (Fsp3) is 0.273. The third-order valence-corrected chi connectivity index (χ3v) is 4.56. The monoisotopic (exact) mass is 364 g/mol. The average Bonchev–Trinajstić information content (AvgIpc) is 2.96. The Bertz CT molecular complexity index is 831. The topological polar surface area (TPSA) is 49.9 Å². The minimum atomic E-state index is -0.262. The molecule has 0 saturated carbocycles. The first-order chi connectivity index (χ1) is 13.1. The largest absolute Gasteiger partial charge is 0.382 e. The first-order valence-electron chi connectivity index (χ1n) is 9.17. The van der Waals surface area contributed by atoms with E-state index in [1.807, 2.05) is 74.6 Å². The van der Waals surface area contributed by atoms with Gasteiger partial charge >= 0.3 is 0 Å². The van der Waals surface area contributed by atoms with E-state index < -0.39 is 0 Å². The number of imide groups is 1. The first kappa shape index (κ1) is 18.9. The van der Waals surface area contributed by atoms with Crippen molar-refractivity contribution in [3.8, 4) is 0 Å². The molecule has 1 aliphatic rings. The van der Waals surface area contributed by atoms with Gasteiger partial charge in [-0.15, -0.1) is 0 Å². The van der Waals surface area contributed by atoms with Crippen LogP contribution in [-0.2, 0) is 14.3 Å². The SMILES string of the molecule is CCOCCCN1C(=O)C(c2ccccc2)=C(N(C)c2ccccc2)C1=O. The summed E-state index contributed by atoms with van der Waals surface area (Å²) < 4.78 is 5.35. The van der Waals surface area contributed by atoms with Crippen LogP contribution >= 0.6 is 0 Å². The van der Waals surface area contributed by atoms with E-state index in [-0.39, 0.29) is 11.8 Å². The summed E-state index contributed by atoms with van der Waals surface area (Å²) >= 11 is 0. The summed E-state index contributed by atoms with van der Waals surface area (Å²) in [4.78, 5) is 29.4. The number of ether oxygens (including phenoxy) is 1. The van der Waals surface area contributed by atoms with Gasteiger partial charge in [0, 0.05) is 32.5 Å². The number of anilines is 1. The molecule has 1 aliphatic heterocycles. The van der Waals surface area contributed by atoms with E-state index in [1.165, 1.54) is 4.90 Å². The molecular weight excluding hydrogens is 340 g/mol. The van der Waals surface area contributed by atoms with E-state index in [0.717, 1.165) is 11.3 Å². The van der Waals surface area contributed by atoms with Crippen LogP contribution in [0.1, 0.15) is 18.9 Å². The van der Waals surface area contributed by atoms with Gasteiger partial charge in [0.2, 0.25) is 0 Å². The Balaban J connectivity index is 1.97. The van der Waals surface area contributed by atoms with Crippen molar-refractivity contribution in [2.75, 3.05) is 31.7 Å². The highest BCUT2D eigenvalue weighted by atomic mass is 16.5. The fourth-order valence-electron chi connectivity index (χ4n) is 3.19. The fourth-order valence-corrected chi connectivity index (χ4v) is 3.19. The number of hydrogen-bond acceptors (Lipinski definition) is 4. The van der Waals surface area contributed by atoms with Gasteiger partial charge in [-0.3, -0.25) is 14.5 Å². The van der Waals surface area contributed by atoms with Gasteiger partial charge in [-0.05, 0) is 31.0 Å². The summed E-state index contributed by atoms with van der Waals surface area (Å²) in [5.41, 5.74) is 2.47. The first-order valence-corrected chi connectivity index (χ1v) is 9.17. The van der Waals surface area contributed by atoms with Crippen LogP contribution in [0.15, 0.2) is 66.4 Å². The van der Waals surface area contributed by atoms with Crippen molar-refractivity contribution in [1.82, 2.24) is 4.90 Å². The normalized spacial score (nSPS) is 14.2. The zero-order valence-corrected chi connectivity index (χ0v) is 15.7. The van der Waals surface area contributed by atoms with E-state index >= 15 is 0 Å². The molecule has 0 aliphatic carbocycles. The third-order valence-electron chi connectivity index (χ3n) is 4.56. The number of rotatable bonds is 8. The molecule has 0 spiro atoms. The van der Waals surface area contributed by atoms with E-state index in [9.17, 15) is 9.59 Å².